The van der Waals surface area contributed by atoms with Gasteiger partial charge in [-0.2, -0.15) is 0 Å². The average Bonchev–Trinajstić information content (AvgIpc) is 2.45. The van der Waals surface area contributed by atoms with E-state index >= 15 is 0 Å². The quantitative estimate of drug-likeness (QED) is 0.539. The fourth-order valence-electron chi connectivity index (χ4n) is 1.56. The fraction of sp³-hybridized carbons (Fsp3) is 0.533. The molecule has 3 nitrogen and oxygen atoms in total. The number of thioether (sulfide) groups is 1. The second-order valence-corrected chi connectivity index (χ2v) is 5.66. The zero-order valence-electron chi connectivity index (χ0n) is 11.8. The molecule has 0 heterocycles. The van der Waals surface area contributed by atoms with Crippen molar-refractivity contribution in [2.45, 2.75) is 25.2 Å². The maximum atomic E-state index is 11.8. The monoisotopic (exact) mass is 280 g/mol. The van der Waals surface area contributed by atoms with Crippen molar-refractivity contribution in [2.24, 2.45) is 5.92 Å². The summed E-state index contributed by atoms with van der Waals surface area (Å²) in [5, 5.41) is 6.23. The smallest absolute Gasteiger partial charge is 0.223 e. The van der Waals surface area contributed by atoms with E-state index in [1.807, 2.05) is 25.1 Å². The zero-order valence-corrected chi connectivity index (χ0v) is 12.6. The van der Waals surface area contributed by atoms with Gasteiger partial charge in [0.25, 0.3) is 0 Å². The molecule has 1 aromatic rings. The third kappa shape index (κ3) is 7.23. The lowest BCUT2D eigenvalue weighted by Crippen LogP contribution is -2.35. The summed E-state index contributed by atoms with van der Waals surface area (Å²) in [6, 6.07) is 10.2. The summed E-state index contributed by atoms with van der Waals surface area (Å²) in [5.41, 5.74) is 0. The van der Waals surface area contributed by atoms with E-state index in [-0.39, 0.29) is 11.8 Å². The van der Waals surface area contributed by atoms with Crippen LogP contribution in [0.15, 0.2) is 35.2 Å². The Hall–Kier alpha value is -1.00. The first-order chi connectivity index (χ1) is 9.24. The third-order valence-corrected chi connectivity index (χ3v) is 3.99. The van der Waals surface area contributed by atoms with Gasteiger partial charge in [-0.05, 0) is 25.1 Å². The standard InChI is InChI=1S/C15H24N2OS/c1-3-9-16-10-11-17-15(18)13(2)12-19-14-7-5-4-6-8-14/h4-8,13,16H,3,9-12H2,1-2H3,(H,17,18). The van der Waals surface area contributed by atoms with Gasteiger partial charge in [-0.15, -0.1) is 11.8 Å². The van der Waals surface area contributed by atoms with Crippen molar-refractivity contribution in [1.29, 1.82) is 0 Å². The Kier molecular flexibility index (Phi) is 8.34. The molecule has 0 saturated heterocycles. The fourth-order valence-corrected chi connectivity index (χ4v) is 2.51. The third-order valence-electron chi connectivity index (χ3n) is 2.72. The number of amides is 1. The molecule has 0 bridgehead atoms. The average molecular weight is 280 g/mol. The van der Waals surface area contributed by atoms with Gasteiger partial charge in [-0.1, -0.05) is 32.0 Å². The van der Waals surface area contributed by atoms with Crippen molar-refractivity contribution in [3.63, 3.8) is 0 Å². The van der Waals surface area contributed by atoms with Gasteiger partial charge < -0.3 is 10.6 Å². The lowest BCUT2D eigenvalue weighted by Gasteiger charge is -2.12. The summed E-state index contributed by atoms with van der Waals surface area (Å²) >= 11 is 1.73. The number of hydrogen-bond donors (Lipinski definition) is 2. The van der Waals surface area contributed by atoms with Crippen LogP contribution in [0.1, 0.15) is 20.3 Å². The Labute approximate surface area is 120 Å². The molecule has 1 amide bonds. The van der Waals surface area contributed by atoms with Gasteiger partial charge >= 0.3 is 0 Å². The molecule has 1 unspecified atom stereocenters. The van der Waals surface area contributed by atoms with Gasteiger partial charge in [-0.25, -0.2) is 0 Å². The van der Waals surface area contributed by atoms with Crippen LogP contribution in [-0.4, -0.2) is 31.3 Å². The molecule has 19 heavy (non-hydrogen) atoms. The first-order valence-electron chi connectivity index (χ1n) is 6.90. The molecule has 4 heteroatoms. The molecule has 0 aliphatic rings. The molecule has 1 rings (SSSR count). The SMILES string of the molecule is CCCNCCNC(=O)C(C)CSc1ccccc1. The van der Waals surface area contributed by atoms with Gasteiger partial charge in [0.2, 0.25) is 5.91 Å². The van der Waals surface area contributed by atoms with Crippen LogP contribution in [-0.2, 0) is 4.79 Å². The highest BCUT2D eigenvalue weighted by Crippen LogP contribution is 2.19. The van der Waals surface area contributed by atoms with E-state index in [0.29, 0.717) is 6.54 Å². The maximum absolute atomic E-state index is 11.8. The second-order valence-electron chi connectivity index (χ2n) is 4.57. The van der Waals surface area contributed by atoms with Crippen LogP contribution in [0, 0.1) is 5.92 Å². The van der Waals surface area contributed by atoms with Crippen molar-refractivity contribution in [3.8, 4) is 0 Å². The lowest BCUT2D eigenvalue weighted by atomic mass is 10.2. The molecule has 0 spiro atoms. The summed E-state index contributed by atoms with van der Waals surface area (Å²) in [6.45, 7) is 6.67. The minimum absolute atomic E-state index is 0.0383. The maximum Gasteiger partial charge on any atom is 0.223 e. The van der Waals surface area contributed by atoms with E-state index in [4.69, 9.17) is 0 Å². The minimum Gasteiger partial charge on any atom is -0.355 e. The van der Waals surface area contributed by atoms with E-state index < -0.39 is 0 Å². The molecule has 0 aliphatic heterocycles. The Bertz CT molecular complexity index is 356. The molecule has 0 aromatic heterocycles. The summed E-state index contributed by atoms with van der Waals surface area (Å²) < 4.78 is 0. The summed E-state index contributed by atoms with van der Waals surface area (Å²) in [5.74, 6) is 0.997. The highest BCUT2D eigenvalue weighted by molar-refractivity contribution is 7.99. The van der Waals surface area contributed by atoms with E-state index in [1.165, 1.54) is 4.90 Å². The molecule has 0 aliphatic carbocycles. The Morgan fingerprint density at radius 2 is 1.95 bits per heavy atom. The lowest BCUT2D eigenvalue weighted by molar-refractivity contribution is -0.123. The van der Waals surface area contributed by atoms with Crippen LogP contribution in [0.25, 0.3) is 0 Å². The number of carbonyl (C=O) groups excluding carboxylic acids is 1. The van der Waals surface area contributed by atoms with Crippen LogP contribution in [0.5, 0.6) is 0 Å². The summed E-state index contributed by atoms with van der Waals surface area (Å²) in [6.07, 6.45) is 1.12. The van der Waals surface area contributed by atoms with Gasteiger partial charge in [0.15, 0.2) is 0 Å². The molecule has 1 aromatic carbocycles. The predicted molar refractivity (Wildman–Crippen MR) is 82.5 cm³/mol. The molecule has 106 valence electrons. The van der Waals surface area contributed by atoms with Crippen LogP contribution >= 0.6 is 11.8 Å². The second kappa shape index (κ2) is 9.87. The topological polar surface area (TPSA) is 41.1 Å². The van der Waals surface area contributed by atoms with E-state index in [2.05, 4.69) is 29.7 Å². The largest absolute Gasteiger partial charge is 0.355 e. The van der Waals surface area contributed by atoms with Crippen LogP contribution < -0.4 is 10.6 Å². The molecule has 0 saturated carbocycles. The first kappa shape index (κ1) is 16.1. The van der Waals surface area contributed by atoms with Gasteiger partial charge in [0.05, 0.1) is 0 Å². The van der Waals surface area contributed by atoms with Crippen molar-refractivity contribution >= 4 is 17.7 Å². The number of hydrogen-bond acceptors (Lipinski definition) is 3. The number of benzene rings is 1. The van der Waals surface area contributed by atoms with E-state index in [9.17, 15) is 4.79 Å². The molecule has 2 N–H and O–H groups in total. The van der Waals surface area contributed by atoms with E-state index in [1.54, 1.807) is 11.8 Å². The van der Waals surface area contributed by atoms with Crippen LogP contribution in [0.3, 0.4) is 0 Å². The number of nitrogens with one attached hydrogen (secondary N) is 2. The predicted octanol–water partition coefficient (Wildman–Crippen LogP) is 2.53. The molecule has 0 radical (unpaired) electrons. The number of rotatable bonds is 9. The Balaban J connectivity index is 2.14. The van der Waals surface area contributed by atoms with Crippen molar-refractivity contribution in [2.75, 3.05) is 25.4 Å². The number of carbonyl (C=O) groups is 1. The van der Waals surface area contributed by atoms with Crippen molar-refractivity contribution in [1.82, 2.24) is 10.6 Å². The van der Waals surface area contributed by atoms with Crippen LogP contribution in [0.4, 0.5) is 0 Å². The summed E-state index contributed by atoms with van der Waals surface area (Å²) in [4.78, 5) is 13.1. The summed E-state index contributed by atoms with van der Waals surface area (Å²) in [7, 11) is 0. The van der Waals surface area contributed by atoms with Crippen molar-refractivity contribution < 1.29 is 4.79 Å². The molecular formula is C15H24N2OS. The van der Waals surface area contributed by atoms with Gasteiger partial charge in [0, 0.05) is 29.7 Å². The highest BCUT2D eigenvalue weighted by Gasteiger charge is 2.12. The molecular weight excluding hydrogens is 256 g/mol. The Morgan fingerprint density at radius 3 is 2.63 bits per heavy atom. The normalized spacial score (nSPS) is 12.1. The van der Waals surface area contributed by atoms with Crippen LogP contribution in [0.2, 0.25) is 0 Å². The zero-order chi connectivity index (χ0) is 13.9. The molecule has 1 atom stereocenters. The Morgan fingerprint density at radius 1 is 1.21 bits per heavy atom. The first-order valence-corrected chi connectivity index (χ1v) is 7.89. The highest BCUT2D eigenvalue weighted by atomic mass is 32.2. The van der Waals surface area contributed by atoms with Gasteiger partial charge in [0.1, 0.15) is 0 Å². The van der Waals surface area contributed by atoms with Gasteiger partial charge in [-0.3, -0.25) is 4.79 Å². The molecule has 0 fully saturated rings. The minimum atomic E-state index is 0.0383. The van der Waals surface area contributed by atoms with Crippen molar-refractivity contribution in [3.05, 3.63) is 30.3 Å². The van der Waals surface area contributed by atoms with E-state index in [0.717, 1.165) is 25.3 Å².